The molecule has 0 aliphatic heterocycles. The lowest BCUT2D eigenvalue weighted by atomic mass is 9.97. The van der Waals surface area contributed by atoms with Crippen LogP contribution in [0.25, 0.3) is 0 Å². The van der Waals surface area contributed by atoms with Gasteiger partial charge in [0.15, 0.2) is 6.10 Å². The fourth-order valence-electron chi connectivity index (χ4n) is 5.21. The Labute approximate surface area is 316 Å². The van der Waals surface area contributed by atoms with Gasteiger partial charge in [0.05, 0.1) is 17.2 Å². The van der Waals surface area contributed by atoms with Gasteiger partial charge in [-0.2, -0.15) is 31.6 Å². The predicted molar refractivity (Wildman–Crippen MR) is 186 cm³/mol. The molecule has 9 N–H and O–H groups in total. The van der Waals surface area contributed by atoms with Crippen molar-refractivity contribution in [1.82, 2.24) is 41.9 Å². The van der Waals surface area contributed by atoms with Crippen molar-refractivity contribution in [2.45, 2.75) is 83.2 Å². The van der Waals surface area contributed by atoms with Crippen LogP contribution in [0.4, 0.5) is 32.0 Å². The summed E-state index contributed by atoms with van der Waals surface area (Å²) in [7, 11) is 0. The van der Waals surface area contributed by atoms with Crippen LogP contribution in [-0.2, 0) is 38.0 Å². The average molecular weight is 801 g/mol. The number of hydrogen-bond acceptors (Lipinski definition) is 10. The quantitative estimate of drug-likeness (QED) is 0.0919. The summed E-state index contributed by atoms with van der Waals surface area (Å²) in [4.78, 5) is 65.6. The Balaban J connectivity index is 1.81. The second-order valence-electron chi connectivity index (χ2n) is 13.5. The van der Waals surface area contributed by atoms with E-state index in [0.717, 1.165) is 0 Å². The Kier molecular flexibility index (Phi) is 15.4. The predicted octanol–water partition coefficient (Wildman–Crippen LogP) is 1.69. The fraction of sp³-hybridized carbons (Fsp3) is 0.471. The minimum Gasteiger partial charge on any atom is -0.381 e. The molecular weight excluding hydrogens is 758 g/mol. The standard InChI is InChI=1S/C34H42F6N10O6/c1-16(2)10-24(45-30(54)25(17(3)4)46-28(52)22(41)15-42-32(56)27-47-49-50-48-27)29(53)44-23(11-18-8-6-5-7-9-18)26(51)31(55)43-21-13-19(33(35,36)37)12-20(14-21)34(38,39)40/h5-9,12-14,16-17,22-26,51H,10-11,15,41H2,1-4H3,(H,42,56)(H,43,55)(H,44,53)(H,45,54)(H,46,52)(H,47,48,49,50)/t22-,23-,24-,25-,26+/m0/s1. The van der Waals surface area contributed by atoms with Gasteiger partial charge in [-0.25, -0.2) is 0 Å². The molecule has 3 rings (SSSR count). The van der Waals surface area contributed by atoms with Crippen LogP contribution in [0.3, 0.4) is 0 Å². The average Bonchev–Trinajstić information content (AvgIpc) is 3.66. The maximum atomic E-state index is 13.8. The van der Waals surface area contributed by atoms with Crippen LogP contribution in [0.15, 0.2) is 48.5 Å². The van der Waals surface area contributed by atoms with Gasteiger partial charge in [-0.1, -0.05) is 58.0 Å². The number of carbonyl (C=O) groups is 5. The van der Waals surface area contributed by atoms with E-state index in [0.29, 0.717) is 5.56 Å². The summed E-state index contributed by atoms with van der Waals surface area (Å²) < 4.78 is 80.7. The van der Waals surface area contributed by atoms with Crippen LogP contribution in [0.5, 0.6) is 0 Å². The van der Waals surface area contributed by atoms with E-state index in [1.165, 1.54) is 0 Å². The number of nitrogens with one attached hydrogen (secondary N) is 6. The van der Waals surface area contributed by atoms with E-state index < -0.39 is 94.9 Å². The first-order chi connectivity index (χ1) is 26.1. The maximum absolute atomic E-state index is 13.8. The zero-order chi connectivity index (χ0) is 42.0. The summed E-state index contributed by atoms with van der Waals surface area (Å²) in [6.07, 6.45) is -12.9. The maximum Gasteiger partial charge on any atom is 0.416 e. The Morgan fingerprint density at radius 1 is 0.821 bits per heavy atom. The summed E-state index contributed by atoms with van der Waals surface area (Å²) in [5.74, 6) is -5.88. The molecule has 0 unspecified atom stereocenters. The van der Waals surface area contributed by atoms with Gasteiger partial charge in [0.25, 0.3) is 17.6 Å². The van der Waals surface area contributed by atoms with E-state index in [1.807, 2.05) is 5.32 Å². The number of benzene rings is 2. The van der Waals surface area contributed by atoms with Gasteiger partial charge < -0.3 is 37.4 Å². The van der Waals surface area contributed by atoms with Crippen molar-refractivity contribution >= 4 is 35.2 Å². The number of amides is 5. The normalized spacial score (nSPS) is 14.6. The Hall–Kier alpha value is -5.64. The third kappa shape index (κ3) is 13.3. The highest BCUT2D eigenvalue weighted by Crippen LogP contribution is 2.37. The number of aromatic nitrogens is 4. The summed E-state index contributed by atoms with van der Waals surface area (Å²) in [6, 6.07) is 2.99. The molecule has 0 aliphatic rings. The molecule has 0 fully saturated rings. The molecule has 2 aromatic carbocycles. The van der Waals surface area contributed by atoms with Crippen molar-refractivity contribution in [1.29, 1.82) is 0 Å². The van der Waals surface area contributed by atoms with E-state index in [4.69, 9.17) is 5.73 Å². The topological polar surface area (TPSA) is 246 Å². The number of halogens is 6. The summed E-state index contributed by atoms with van der Waals surface area (Å²) >= 11 is 0. The van der Waals surface area contributed by atoms with E-state index in [-0.39, 0.29) is 49.3 Å². The van der Waals surface area contributed by atoms with Crippen molar-refractivity contribution < 1.29 is 55.4 Å². The monoisotopic (exact) mass is 800 g/mol. The number of anilines is 1. The molecule has 22 heteroatoms. The number of alkyl halides is 6. The first kappa shape index (κ1) is 44.8. The second kappa shape index (κ2) is 19.3. The number of carbonyl (C=O) groups excluding carboxylic acids is 5. The molecule has 0 spiro atoms. The lowest BCUT2D eigenvalue weighted by Crippen LogP contribution is -2.60. The highest BCUT2D eigenvalue weighted by molar-refractivity contribution is 5.96. The number of aromatic amines is 1. The van der Waals surface area contributed by atoms with Gasteiger partial charge in [0.1, 0.15) is 18.1 Å². The molecule has 0 aliphatic carbocycles. The van der Waals surface area contributed by atoms with E-state index in [2.05, 4.69) is 41.9 Å². The number of rotatable bonds is 17. The Morgan fingerprint density at radius 3 is 1.95 bits per heavy atom. The minimum atomic E-state index is -5.21. The number of aliphatic hydroxyl groups is 1. The molecule has 0 radical (unpaired) electrons. The Bertz CT molecular complexity index is 1780. The van der Waals surface area contributed by atoms with Crippen LogP contribution in [-0.4, -0.2) is 92.1 Å². The number of H-pyrrole nitrogens is 1. The molecule has 56 heavy (non-hydrogen) atoms. The van der Waals surface area contributed by atoms with Gasteiger partial charge in [-0.05, 0) is 53.7 Å². The second-order valence-corrected chi connectivity index (χ2v) is 13.5. The van der Waals surface area contributed by atoms with E-state index >= 15 is 0 Å². The third-order valence-corrected chi connectivity index (χ3v) is 8.09. The summed E-state index contributed by atoms with van der Waals surface area (Å²) in [6.45, 7) is 6.27. The van der Waals surface area contributed by atoms with Gasteiger partial charge in [-0.15, -0.1) is 10.2 Å². The highest BCUT2D eigenvalue weighted by Gasteiger charge is 2.38. The fourth-order valence-corrected chi connectivity index (χ4v) is 5.21. The van der Waals surface area contributed by atoms with Gasteiger partial charge >= 0.3 is 12.4 Å². The first-order valence-electron chi connectivity index (χ1n) is 17.1. The van der Waals surface area contributed by atoms with Crippen molar-refractivity contribution in [2.75, 3.05) is 11.9 Å². The largest absolute Gasteiger partial charge is 0.416 e. The number of tetrazole rings is 1. The van der Waals surface area contributed by atoms with E-state index in [9.17, 15) is 55.4 Å². The molecule has 1 aromatic heterocycles. The molecular formula is C34H42F6N10O6. The first-order valence-corrected chi connectivity index (χ1v) is 17.1. The van der Waals surface area contributed by atoms with Gasteiger partial charge in [-0.3, -0.25) is 24.0 Å². The van der Waals surface area contributed by atoms with Crippen molar-refractivity contribution in [2.24, 2.45) is 17.6 Å². The van der Waals surface area contributed by atoms with Gasteiger partial charge in [0.2, 0.25) is 17.7 Å². The molecule has 1 heterocycles. The molecule has 0 bridgehead atoms. The zero-order valence-corrected chi connectivity index (χ0v) is 30.5. The van der Waals surface area contributed by atoms with Crippen molar-refractivity contribution in [3.8, 4) is 0 Å². The third-order valence-electron chi connectivity index (χ3n) is 8.09. The summed E-state index contributed by atoms with van der Waals surface area (Å²) in [5.41, 5.74) is 2.06. The lowest BCUT2D eigenvalue weighted by molar-refractivity contribution is -0.143. The highest BCUT2D eigenvalue weighted by atomic mass is 19.4. The molecule has 0 saturated heterocycles. The van der Waals surface area contributed by atoms with Crippen molar-refractivity contribution in [3.05, 3.63) is 71.0 Å². The molecule has 306 valence electrons. The minimum absolute atomic E-state index is 0.00274. The molecule has 0 saturated carbocycles. The smallest absolute Gasteiger partial charge is 0.381 e. The van der Waals surface area contributed by atoms with Crippen LogP contribution in [0.2, 0.25) is 0 Å². The summed E-state index contributed by atoms with van der Waals surface area (Å²) in [5, 5.41) is 35.3. The number of aliphatic hydroxyl groups excluding tert-OH is 1. The van der Waals surface area contributed by atoms with Crippen LogP contribution >= 0.6 is 0 Å². The van der Waals surface area contributed by atoms with E-state index in [1.54, 1.807) is 58.0 Å². The van der Waals surface area contributed by atoms with Crippen LogP contribution < -0.4 is 32.3 Å². The molecule has 3 aromatic rings. The van der Waals surface area contributed by atoms with Crippen molar-refractivity contribution in [3.63, 3.8) is 0 Å². The van der Waals surface area contributed by atoms with Gasteiger partial charge in [0, 0.05) is 12.2 Å². The lowest BCUT2D eigenvalue weighted by Gasteiger charge is -2.29. The number of nitrogens with zero attached hydrogens (tertiary/aromatic N) is 3. The SMILES string of the molecule is CC(C)C[C@H](NC(=O)[C@@H](NC(=O)[C@@H](N)CNC(=O)c1nn[nH]n1)C(C)C)C(=O)N[C@@H](Cc1ccccc1)[C@@H](O)C(=O)Nc1cc(C(F)(F)F)cc(C(F)(F)F)c1. The number of hydrogen-bond donors (Lipinski definition) is 8. The molecule has 16 nitrogen and oxygen atoms in total. The molecule has 5 amide bonds. The van der Waals surface area contributed by atoms with Crippen LogP contribution in [0.1, 0.15) is 61.4 Å². The zero-order valence-electron chi connectivity index (χ0n) is 30.5. The Morgan fingerprint density at radius 2 is 1.43 bits per heavy atom. The molecule has 5 atom stereocenters. The van der Waals surface area contributed by atoms with Crippen LogP contribution in [0, 0.1) is 11.8 Å². The number of nitrogens with two attached hydrogens (primary N) is 1.